The lowest BCUT2D eigenvalue weighted by Crippen LogP contribution is -2.42. The first-order chi connectivity index (χ1) is 12.5. The zero-order valence-electron chi connectivity index (χ0n) is 17.3. The Bertz CT molecular complexity index is 285. The lowest BCUT2D eigenvalue weighted by Gasteiger charge is -2.26. The van der Waals surface area contributed by atoms with Crippen molar-refractivity contribution in [2.24, 2.45) is 0 Å². The quantitative estimate of drug-likeness (QED) is 0.257. The lowest BCUT2D eigenvalue weighted by atomic mass is 10.3. The fourth-order valence-electron chi connectivity index (χ4n) is 2.73. The van der Waals surface area contributed by atoms with Crippen LogP contribution in [0.25, 0.3) is 0 Å². The number of ether oxygens (including phenoxy) is 1. The zero-order chi connectivity index (χ0) is 19.9. The second-order valence-electron chi connectivity index (χ2n) is 6.11. The molecule has 0 aliphatic heterocycles. The molecule has 26 heavy (non-hydrogen) atoms. The largest absolute Gasteiger partial charge is 0.500 e. The van der Waals surface area contributed by atoms with Crippen LogP contribution in [0.5, 0.6) is 0 Å². The fraction of sp³-hybridized carbons (Fsp3) is 1.00. The van der Waals surface area contributed by atoms with E-state index in [4.69, 9.17) is 26.9 Å². The summed E-state index contributed by atoms with van der Waals surface area (Å²) < 4.78 is 32.7. The maximum atomic E-state index is 9.95. The summed E-state index contributed by atoms with van der Waals surface area (Å²) in [6.07, 6.45) is 1.20. The Balaban J connectivity index is 3.74. The number of aliphatic hydroxyl groups excluding tert-OH is 1. The molecule has 158 valence electrons. The van der Waals surface area contributed by atoms with E-state index >= 15 is 0 Å². The van der Waals surface area contributed by atoms with E-state index in [0.29, 0.717) is 25.8 Å². The van der Waals surface area contributed by atoms with Crippen molar-refractivity contribution < 1.29 is 32.0 Å². The molecule has 0 radical (unpaired) electrons. The summed E-state index contributed by atoms with van der Waals surface area (Å²) in [6, 6.07) is 2.57. The van der Waals surface area contributed by atoms with Crippen LogP contribution in [0, 0.1) is 0 Å². The molecule has 0 aromatic rings. The standard InChI is InChI=1S/C16H39NO7Si2/c1-7-25(19-2,20-3)12-8-10-17-14-16(18)15-24-11-9-13-26(21-4,22-5)23-6/h16-18H,7-15H2,1-6H3. The van der Waals surface area contributed by atoms with Crippen molar-refractivity contribution in [1.82, 2.24) is 5.32 Å². The number of rotatable bonds is 18. The highest BCUT2D eigenvalue weighted by Gasteiger charge is 2.36. The highest BCUT2D eigenvalue weighted by atomic mass is 28.4. The molecule has 2 N–H and O–H groups in total. The molecule has 0 bridgehead atoms. The Morgan fingerprint density at radius 3 is 2.00 bits per heavy atom. The lowest BCUT2D eigenvalue weighted by molar-refractivity contribution is 0.0353. The van der Waals surface area contributed by atoms with E-state index in [1.165, 1.54) is 0 Å². The van der Waals surface area contributed by atoms with Gasteiger partial charge in [0, 0.05) is 54.7 Å². The topological polar surface area (TPSA) is 87.6 Å². The van der Waals surface area contributed by atoms with Gasteiger partial charge in [0.1, 0.15) is 0 Å². The first-order valence-electron chi connectivity index (χ1n) is 9.19. The molecule has 0 fully saturated rings. The Hall–Kier alpha value is 0.114. The van der Waals surface area contributed by atoms with E-state index < -0.39 is 23.5 Å². The third kappa shape index (κ3) is 9.88. The first-order valence-corrected chi connectivity index (χ1v) is 13.4. The predicted octanol–water partition coefficient (Wildman–Crippen LogP) is 1.37. The molecule has 0 saturated carbocycles. The molecule has 0 saturated heterocycles. The minimum atomic E-state index is -2.52. The van der Waals surface area contributed by atoms with Gasteiger partial charge in [-0.1, -0.05) is 6.92 Å². The maximum absolute atomic E-state index is 9.95. The van der Waals surface area contributed by atoms with E-state index in [1.807, 2.05) is 0 Å². The molecule has 0 aromatic carbocycles. The van der Waals surface area contributed by atoms with Gasteiger partial charge in [0.15, 0.2) is 0 Å². The van der Waals surface area contributed by atoms with Gasteiger partial charge < -0.3 is 37.3 Å². The molecule has 0 aromatic heterocycles. The van der Waals surface area contributed by atoms with Gasteiger partial charge in [0.2, 0.25) is 0 Å². The van der Waals surface area contributed by atoms with Crippen LogP contribution in [0.15, 0.2) is 0 Å². The minimum Gasteiger partial charge on any atom is -0.398 e. The molecular weight excluding hydrogens is 374 g/mol. The second-order valence-corrected chi connectivity index (χ2v) is 13.0. The van der Waals surface area contributed by atoms with E-state index in [1.54, 1.807) is 35.5 Å². The summed E-state index contributed by atoms with van der Waals surface area (Å²) in [5, 5.41) is 13.2. The van der Waals surface area contributed by atoms with Gasteiger partial charge >= 0.3 is 17.4 Å². The van der Waals surface area contributed by atoms with Crippen molar-refractivity contribution in [3.8, 4) is 0 Å². The monoisotopic (exact) mass is 413 g/mol. The summed E-state index contributed by atoms with van der Waals surface area (Å²) >= 11 is 0. The molecule has 0 rings (SSSR count). The number of hydrogen-bond acceptors (Lipinski definition) is 8. The maximum Gasteiger partial charge on any atom is 0.500 e. The predicted molar refractivity (Wildman–Crippen MR) is 106 cm³/mol. The van der Waals surface area contributed by atoms with E-state index in [0.717, 1.165) is 31.5 Å². The normalized spacial score (nSPS) is 14.0. The van der Waals surface area contributed by atoms with Crippen LogP contribution >= 0.6 is 0 Å². The molecule has 8 nitrogen and oxygen atoms in total. The van der Waals surface area contributed by atoms with E-state index in [-0.39, 0.29) is 0 Å². The summed E-state index contributed by atoms with van der Waals surface area (Å²) in [7, 11) is 3.73. The Morgan fingerprint density at radius 1 is 0.885 bits per heavy atom. The molecule has 1 atom stereocenters. The summed E-state index contributed by atoms with van der Waals surface area (Å²) in [4.78, 5) is 0. The van der Waals surface area contributed by atoms with Gasteiger partial charge in [0.05, 0.1) is 12.7 Å². The van der Waals surface area contributed by atoms with Crippen LogP contribution in [0.4, 0.5) is 0 Å². The van der Waals surface area contributed by atoms with E-state index in [9.17, 15) is 5.11 Å². The number of hydrogen-bond donors (Lipinski definition) is 2. The first kappa shape index (κ1) is 26.1. The molecule has 0 aliphatic rings. The van der Waals surface area contributed by atoms with Gasteiger partial charge in [-0.3, -0.25) is 0 Å². The second kappa shape index (κ2) is 15.1. The molecular formula is C16H39NO7Si2. The van der Waals surface area contributed by atoms with Crippen LogP contribution < -0.4 is 5.32 Å². The van der Waals surface area contributed by atoms with Crippen molar-refractivity contribution in [1.29, 1.82) is 0 Å². The molecule has 10 heteroatoms. The fourth-order valence-corrected chi connectivity index (χ4v) is 6.64. The van der Waals surface area contributed by atoms with Crippen LogP contribution in [-0.4, -0.2) is 90.4 Å². The Kier molecular flexibility index (Phi) is 15.2. The van der Waals surface area contributed by atoms with Gasteiger partial charge in [0.25, 0.3) is 0 Å². The third-order valence-electron chi connectivity index (χ3n) is 4.59. The molecule has 0 spiro atoms. The summed E-state index contributed by atoms with van der Waals surface area (Å²) in [5.74, 6) is 0. The smallest absolute Gasteiger partial charge is 0.398 e. The summed E-state index contributed by atoms with van der Waals surface area (Å²) in [5.41, 5.74) is 0. The van der Waals surface area contributed by atoms with Gasteiger partial charge in [-0.2, -0.15) is 0 Å². The zero-order valence-corrected chi connectivity index (χ0v) is 19.3. The summed E-state index contributed by atoms with van der Waals surface area (Å²) in [6.45, 7) is 4.27. The number of aliphatic hydroxyl groups is 1. The van der Waals surface area contributed by atoms with Crippen molar-refractivity contribution >= 4 is 17.4 Å². The van der Waals surface area contributed by atoms with Crippen molar-refractivity contribution in [3.63, 3.8) is 0 Å². The molecule has 0 aliphatic carbocycles. The van der Waals surface area contributed by atoms with Gasteiger partial charge in [-0.15, -0.1) is 0 Å². The Morgan fingerprint density at radius 2 is 1.50 bits per heavy atom. The highest BCUT2D eigenvalue weighted by Crippen LogP contribution is 2.18. The van der Waals surface area contributed by atoms with Crippen LogP contribution in [-0.2, 0) is 26.9 Å². The Labute approximate surface area is 161 Å². The van der Waals surface area contributed by atoms with Gasteiger partial charge in [-0.05, 0) is 31.5 Å². The molecule has 0 heterocycles. The van der Waals surface area contributed by atoms with E-state index in [2.05, 4.69) is 12.2 Å². The van der Waals surface area contributed by atoms with Crippen LogP contribution in [0.2, 0.25) is 18.1 Å². The minimum absolute atomic E-state index is 0.304. The van der Waals surface area contributed by atoms with Crippen molar-refractivity contribution in [2.45, 2.75) is 44.0 Å². The molecule has 0 amide bonds. The highest BCUT2D eigenvalue weighted by molar-refractivity contribution is 6.67. The third-order valence-corrected chi connectivity index (χ3v) is 11.1. The number of nitrogens with one attached hydrogen (secondary N) is 1. The molecule has 1 unspecified atom stereocenters. The van der Waals surface area contributed by atoms with Crippen LogP contribution in [0.1, 0.15) is 19.8 Å². The van der Waals surface area contributed by atoms with Crippen LogP contribution in [0.3, 0.4) is 0 Å². The van der Waals surface area contributed by atoms with Gasteiger partial charge in [-0.25, -0.2) is 0 Å². The average molecular weight is 414 g/mol. The van der Waals surface area contributed by atoms with Crippen molar-refractivity contribution in [3.05, 3.63) is 0 Å². The van der Waals surface area contributed by atoms with Crippen molar-refractivity contribution in [2.75, 3.05) is 61.9 Å². The SMILES string of the molecule is CC[Si](CCCNCC(O)COCCC[Si](OC)(OC)OC)(OC)OC. The average Bonchev–Trinajstić information content (AvgIpc) is 2.68.